The van der Waals surface area contributed by atoms with Crippen LogP contribution in [0.15, 0.2) is 65.5 Å². The van der Waals surface area contributed by atoms with Crippen LogP contribution in [-0.2, 0) is 13.7 Å². The van der Waals surface area contributed by atoms with E-state index < -0.39 is 0 Å². The first kappa shape index (κ1) is 20.7. The molecular weight excluding hydrogens is 416 g/mol. The molecule has 0 saturated carbocycles. The van der Waals surface area contributed by atoms with Gasteiger partial charge in [-0.1, -0.05) is 35.9 Å². The molecule has 0 amide bonds. The number of halogens is 1. The zero-order valence-corrected chi connectivity index (χ0v) is 18.1. The van der Waals surface area contributed by atoms with Gasteiger partial charge in [-0.05, 0) is 64.9 Å². The molecule has 0 aliphatic rings. The summed E-state index contributed by atoms with van der Waals surface area (Å²) in [7, 11) is 3.18. The van der Waals surface area contributed by atoms with Crippen LogP contribution < -0.4 is 15.2 Å². The summed E-state index contributed by atoms with van der Waals surface area (Å²) in [5, 5.41) is 8.37. The van der Waals surface area contributed by atoms with Gasteiger partial charge in [0, 0.05) is 23.2 Å². The molecule has 0 spiro atoms. The van der Waals surface area contributed by atoms with E-state index in [1.54, 1.807) is 20.2 Å². The zero-order valence-electron chi connectivity index (χ0n) is 17.4. The van der Waals surface area contributed by atoms with Gasteiger partial charge in [0.15, 0.2) is 0 Å². The van der Waals surface area contributed by atoms with Crippen molar-refractivity contribution in [2.75, 3.05) is 7.11 Å². The summed E-state index contributed by atoms with van der Waals surface area (Å²) >= 11 is 6.08. The average molecular weight is 437 g/mol. The van der Waals surface area contributed by atoms with Crippen molar-refractivity contribution in [2.45, 2.75) is 13.5 Å². The third-order valence-corrected chi connectivity index (χ3v) is 5.26. The summed E-state index contributed by atoms with van der Waals surface area (Å²) in [6.45, 7) is 2.24. The highest BCUT2D eigenvalue weighted by Crippen LogP contribution is 2.34. The maximum absolute atomic E-state index is 12.3. The molecule has 1 heterocycles. The highest BCUT2D eigenvalue weighted by atomic mass is 35.5. The molecule has 31 heavy (non-hydrogen) atoms. The zero-order chi connectivity index (χ0) is 22.0. The van der Waals surface area contributed by atoms with Gasteiger partial charge in [-0.25, -0.2) is 4.79 Å². The van der Waals surface area contributed by atoms with Gasteiger partial charge in [0.05, 0.1) is 12.8 Å². The molecule has 4 rings (SSSR count). The van der Waals surface area contributed by atoms with Crippen molar-refractivity contribution in [3.05, 3.63) is 87.3 Å². The molecule has 0 aliphatic heterocycles. The number of methoxy groups -OCH3 is 1. The third kappa shape index (κ3) is 4.18. The molecule has 0 unspecified atom stereocenters. The quantitative estimate of drug-likeness (QED) is 0.453. The van der Waals surface area contributed by atoms with Crippen LogP contribution >= 0.6 is 11.6 Å². The number of hydrogen-bond donors (Lipinski definition) is 0. The number of tetrazole rings is 1. The number of aryl methyl sites for hydroxylation is 2. The van der Waals surface area contributed by atoms with Crippen LogP contribution in [0.3, 0.4) is 0 Å². The first-order chi connectivity index (χ1) is 15.0. The summed E-state index contributed by atoms with van der Waals surface area (Å²) in [6, 6.07) is 18.9. The van der Waals surface area contributed by atoms with Crippen LogP contribution in [-0.4, -0.2) is 26.9 Å². The maximum atomic E-state index is 12.3. The van der Waals surface area contributed by atoms with Gasteiger partial charge in [-0.15, -0.1) is 0 Å². The van der Waals surface area contributed by atoms with E-state index in [2.05, 4.69) is 10.4 Å². The fourth-order valence-electron chi connectivity index (χ4n) is 3.35. The Bertz CT molecular complexity index is 1300. The molecule has 0 saturated heterocycles. The molecule has 4 aromatic rings. The fraction of sp³-hybridized carbons (Fsp3) is 0.174. The van der Waals surface area contributed by atoms with E-state index in [1.807, 2.05) is 61.5 Å². The molecule has 1 aromatic heterocycles. The molecule has 0 radical (unpaired) electrons. The lowest BCUT2D eigenvalue weighted by atomic mass is 10.0. The lowest BCUT2D eigenvalue weighted by molar-refractivity contribution is 0.305. The monoisotopic (exact) mass is 436 g/mol. The predicted octanol–water partition coefficient (Wildman–Crippen LogP) is 4.18. The number of aromatic nitrogens is 4. The number of ether oxygens (including phenoxy) is 2. The van der Waals surface area contributed by atoms with Gasteiger partial charge >= 0.3 is 5.69 Å². The summed E-state index contributed by atoms with van der Waals surface area (Å²) in [6.07, 6.45) is 0. The molecule has 0 bridgehead atoms. The van der Waals surface area contributed by atoms with Crippen molar-refractivity contribution in [2.24, 2.45) is 7.05 Å². The topological polar surface area (TPSA) is 71.2 Å². The Morgan fingerprint density at radius 3 is 2.58 bits per heavy atom. The van der Waals surface area contributed by atoms with Crippen molar-refractivity contribution in [1.82, 2.24) is 19.8 Å². The maximum Gasteiger partial charge on any atom is 0.368 e. The summed E-state index contributed by atoms with van der Waals surface area (Å²) < 4.78 is 14.0. The summed E-state index contributed by atoms with van der Waals surface area (Å²) in [4.78, 5) is 12.3. The number of benzene rings is 3. The molecule has 3 aromatic carbocycles. The highest BCUT2D eigenvalue weighted by molar-refractivity contribution is 6.30. The van der Waals surface area contributed by atoms with Crippen LogP contribution in [0.25, 0.3) is 16.8 Å². The van der Waals surface area contributed by atoms with Crippen molar-refractivity contribution in [1.29, 1.82) is 0 Å². The van der Waals surface area contributed by atoms with E-state index in [0.717, 1.165) is 22.3 Å². The van der Waals surface area contributed by atoms with Gasteiger partial charge < -0.3 is 9.47 Å². The van der Waals surface area contributed by atoms with Crippen LogP contribution in [0, 0.1) is 6.92 Å². The minimum atomic E-state index is -0.316. The predicted molar refractivity (Wildman–Crippen MR) is 119 cm³/mol. The number of hydrogen-bond acceptors (Lipinski definition) is 5. The van der Waals surface area contributed by atoms with Crippen LogP contribution in [0.4, 0.5) is 0 Å². The van der Waals surface area contributed by atoms with Crippen LogP contribution in [0.5, 0.6) is 11.5 Å². The highest BCUT2D eigenvalue weighted by Gasteiger charge is 2.14. The van der Waals surface area contributed by atoms with Gasteiger partial charge in [0.25, 0.3) is 0 Å². The van der Waals surface area contributed by atoms with Crippen molar-refractivity contribution in [3.63, 3.8) is 0 Å². The standard InChI is InChI=1S/C23H21ClN4O3/c1-15-6-4-9-21(28-23(29)27(2)25-26-28)20(15)14-31-18-8-5-7-16(12-18)19-11-10-17(24)13-22(19)30-3/h4-13H,14H2,1-3H3. The van der Waals surface area contributed by atoms with E-state index in [9.17, 15) is 4.79 Å². The Hall–Kier alpha value is -3.58. The average Bonchev–Trinajstić information content (AvgIpc) is 3.11. The smallest absolute Gasteiger partial charge is 0.368 e. The Morgan fingerprint density at radius 1 is 1.03 bits per heavy atom. The Balaban J connectivity index is 1.64. The second-order valence-corrected chi connectivity index (χ2v) is 7.47. The molecule has 158 valence electrons. The molecule has 0 N–H and O–H groups in total. The van der Waals surface area contributed by atoms with E-state index in [1.165, 1.54) is 9.36 Å². The van der Waals surface area contributed by atoms with Crippen molar-refractivity contribution in [3.8, 4) is 28.3 Å². The molecule has 0 fully saturated rings. The van der Waals surface area contributed by atoms with Gasteiger partial charge in [0.2, 0.25) is 0 Å². The second kappa shape index (κ2) is 8.65. The van der Waals surface area contributed by atoms with E-state index >= 15 is 0 Å². The minimum absolute atomic E-state index is 0.270. The van der Waals surface area contributed by atoms with E-state index in [0.29, 0.717) is 22.2 Å². The normalized spacial score (nSPS) is 10.8. The minimum Gasteiger partial charge on any atom is -0.496 e. The SMILES string of the molecule is COc1cc(Cl)ccc1-c1cccc(OCc2c(C)cccc2-n2nnn(C)c2=O)c1. The largest absolute Gasteiger partial charge is 0.496 e. The van der Waals surface area contributed by atoms with Gasteiger partial charge in [-0.3, -0.25) is 0 Å². The first-order valence-corrected chi connectivity index (χ1v) is 10.0. The Kier molecular flexibility index (Phi) is 5.77. The molecule has 0 atom stereocenters. The fourth-order valence-corrected chi connectivity index (χ4v) is 3.51. The lowest BCUT2D eigenvalue weighted by Crippen LogP contribution is -2.23. The summed E-state index contributed by atoms with van der Waals surface area (Å²) in [5.74, 6) is 1.38. The van der Waals surface area contributed by atoms with Gasteiger partial charge in [0.1, 0.15) is 18.1 Å². The van der Waals surface area contributed by atoms with Gasteiger partial charge in [-0.2, -0.15) is 9.36 Å². The molecular formula is C23H21ClN4O3. The third-order valence-electron chi connectivity index (χ3n) is 5.03. The first-order valence-electron chi connectivity index (χ1n) is 9.62. The van der Waals surface area contributed by atoms with Crippen molar-refractivity contribution < 1.29 is 9.47 Å². The lowest BCUT2D eigenvalue weighted by Gasteiger charge is -2.14. The summed E-state index contributed by atoms with van der Waals surface area (Å²) in [5.41, 5.74) is 4.05. The van der Waals surface area contributed by atoms with Crippen LogP contribution in [0.1, 0.15) is 11.1 Å². The second-order valence-electron chi connectivity index (χ2n) is 7.03. The van der Waals surface area contributed by atoms with Crippen molar-refractivity contribution >= 4 is 11.6 Å². The molecule has 8 heteroatoms. The number of nitrogens with zero attached hydrogens (tertiary/aromatic N) is 4. The van der Waals surface area contributed by atoms with E-state index in [-0.39, 0.29) is 12.3 Å². The Labute approximate surface area is 184 Å². The molecule has 7 nitrogen and oxygen atoms in total. The Morgan fingerprint density at radius 2 is 1.84 bits per heavy atom. The number of rotatable bonds is 6. The van der Waals surface area contributed by atoms with Crippen LogP contribution in [0.2, 0.25) is 5.02 Å². The van der Waals surface area contributed by atoms with E-state index in [4.69, 9.17) is 21.1 Å². The molecule has 0 aliphatic carbocycles.